The van der Waals surface area contributed by atoms with Gasteiger partial charge in [0.2, 0.25) is 0 Å². The third kappa shape index (κ3) is 3.30. The molecule has 4 rings (SSSR count). The zero-order chi connectivity index (χ0) is 17.9. The summed E-state index contributed by atoms with van der Waals surface area (Å²) in [6.45, 7) is 3.39. The van der Waals surface area contributed by atoms with E-state index in [4.69, 9.17) is 0 Å². The van der Waals surface area contributed by atoms with Crippen LogP contribution in [0.4, 0.5) is 0 Å². The Morgan fingerprint density at radius 3 is 2.92 bits per heavy atom. The Bertz CT molecular complexity index is 1040. The summed E-state index contributed by atoms with van der Waals surface area (Å²) in [5.41, 5.74) is 3.35. The normalized spacial score (nSPS) is 11.3. The van der Waals surface area contributed by atoms with Crippen LogP contribution in [0.3, 0.4) is 0 Å². The van der Waals surface area contributed by atoms with Crippen LogP contribution in [0.1, 0.15) is 28.7 Å². The van der Waals surface area contributed by atoms with E-state index in [1.807, 2.05) is 41.9 Å². The smallest absolute Gasteiger partial charge is 0.251 e. The Balaban J connectivity index is 1.33. The summed E-state index contributed by atoms with van der Waals surface area (Å²) in [6, 6.07) is 13.7. The SMILES string of the molecule is CCn1nnc2cc(C(=O)NCCCc3nc4ccccc4s3)ccc21. The number of rotatable bonds is 6. The Labute approximate surface area is 154 Å². The summed E-state index contributed by atoms with van der Waals surface area (Å²) in [5.74, 6) is -0.0813. The lowest BCUT2D eigenvalue weighted by molar-refractivity contribution is 0.0953. The number of nitrogens with one attached hydrogen (secondary N) is 1. The molecule has 0 radical (unpaired) electrons. The number of carbonyl (C=O) groups excluding carboxylic acids is 1. The van der Waals surface area contributed by atoms with Gasteiger partial charge in [0.05, 0.1) is 20.7 Å². The molecule has 6 nitrogen and oxygen atoms in total. The molecule has 0 spiro atoms. The van der Waals surface area contributed by atoms with Gasteiger partial charge in [0.25, 0.3) is 5.91 Å². The van der Waals surface area contributed by atoms with Gasteiger partial charge in [-0.25, -0.2) is 9.67 Å². The number of amides is 1. The van der Waals surface area contributed by atoms with Crippen molar-refractivity contribution in [3.63, 3.8) is 0 Å². The Kier molecular flexibility index (Phi) is 4.62. The van der Waals surface area contributed by atoms with Gasteiger partial charge >= 0.3 is 0 Å². The fraction of sp³-hybridized carbons (Fsp3) is 0.263. The molecule has 0 atom stereocenters. The number of aromatic nitrogens is 4. The first kappa shape index (κ1) is 16.7. The molecule has 26 heavy (non-hydrogen) atoms. The number of hydrogen-bond acceptors (Lipinski definition) is 5. The van der Waals surface area contributed by atoms with Crippen molar-refractivity contribution in [3.05, 3.63) is 53.0 Å². The van der Waals surface area contributed by atoms with E-state index in [0.29, 0.717) is 12.1 Å². The van der Waals surface area contributed by atoms with E-state index in [9.17, 15) is 4.79 Å². The van der Waals surface area contributed by atoms with Crippen molar-refractivity contribution in [2.75, 3.05) is 6.54 Å². The highest BCUT2D eigenvalue weighted by atomic mass is 32.1. The third-order valence-corrected chi connectivity index (χ3v) is 5.36. The van der Waals surface area contributed by atoms with Gasteiger partial charge < -0.3 is 5.32 Å². The van der Waals surface area contributed by atoms with Gasteiger partial charge in [-0.15, -0.1) is 16.4 Å². The van der Waals surface area contributed by atoms with Crippen molar-refractivity contribution in [3.8, 4) is 0 Å². The molecule has 0 aliphatic carbocycles. The van der Waals surface area contributed by atoms with Gasteiger partial charge in [-0.3, -0.25) is 4.79 Å². The molecule has 0 aliphatic rings. The van der Waals surface area contributed by atoms with E-state index >= 15 is 0 Å². The van der Waals surface area contributed by atoms with Gasteiger partial charge in [-0.2, -0.15) is 0 Å². The maximum Gasteiger partial charge on any atom is 0.251 e. The summed E-state index contributed by atoms with van der Waals surface area (Å²) >= 11 is 1.72. The van der Waals surface area contributed by atoms with Crippen molar-refractivity contribution in [1.82, 2.24) is 25.3 Å². The number of carbonyl (C=O) groups is 1. The monoisotopic (exact) mass is 365 g/mol. The summed E-state index contributed by atoms with van der Waals surface area (Å²) in [5, 5.41) is 12.3. The highest BCUT2D eigenvalue weighted by molar-refractivity contribution is 7.18. The molecule has 7 heteroatoms. The Morgan fingerprint density at radius 1 is 1.19 bits per heavy atom. The summed E-state index contributed by atoms with van der Waals surface area (Å²) in [4.78, 5) is 17.0. The molecule has 0 unspecified atom stereocenters. The van der Waals surface area contributed by atoms with Crippen LogP contribution in [0.2, 0.25) is 0 Å². The molecule has 2 aromatic heterocycles. The molecular formula is C19H19N5OS. The average molecular weight is 365 g/mol. The number of aryl methyl sites for hydroxylation is 2. The lowest BCUT2D eigenvalue weighted by atomic mass is 10.2. The van der Waals surface area contributed by atoms with E-state index in [1.165, 1.54) is 4.70 Å². The Hall–Kier alpha value is -2.80. The quantitative estimate of drug-likeness (QED) is 0.531. The average Bonchev–Trinajstić information content (AvgIpc) is 3.27. The summed E-state index contributed by atoms with van der Waals surface area (Å²) < 4.78 is 3.02. The first-order valence-electron chi connectivity index (χ1n) is 8.70. The molecule has 1 N–H and O–H groups in total. The van der Waals surface area contributed by atoms with Gasteiger partial charge in [-0.1, -0.05) is 17.3 Å². The maximum absolute atomic E-state index is 12.3. The highest BCUT2D eigenvalue weighted by Gasteiger charge is 2.10. The minimum absolute atomic E-state index is 0.0813. The van der Waals surface area contributed by atoms with E-state index in [1.54, 1.807) is 17.4 Å². The van der Waals surface area contributed by atoms with Gasteiger partial charge in [0.15, 0.2) is 0 Å². The predicted octanol–water partition coefficient (Wildman–Crippen LogP) is 3.42. The van der Waals surface area contributed by atoms with Crippen LogP contribution in [0.15, 0.2) is 42.5 Å². The largest absolute Gasteiger partial charge is 0.352 e. The molecule has 132 valence electrons. The molecule has 0 aliphatic heterocycles. The molecule has 0 saturated carbocycles. The van der Waals surface area contributed by atoms with Crippen LogP contribution in [-0.4, -0.2) is 32.4 Å². The van der Waals surface area contributed by atoms with Crippen LogP contribution < -0.4 is 5.32 Å². The fourth-order valence-corrected chi connectivity index (χ4v) is 3.93. The summed E-state index contributed by atoms with van der Waals surface area (Å²) in [6.07, 6.45) is 1.73. The van der Waals surface area contributed by atoms with Crippen LogP contribution in [0, 0.1) is 0 Å². The number of para-hydroxylation sites is 1. The van der Waals surface area contributed by atoms with Crippen LogP contribution in [-0.2, 0) is 13.0 Å². The maximum atomic E-state index is 12.3. The van der Waals surface area contributed by atoms with E-state index in [0.717, 1.165) is 40.9 Å². The van der Waals surface area contributed by atoms with Crippen LogP contribution in [0.5, 0.6) is 0 Å². The molecule has 2 heterocycles. The topological polar surface area (TPSA) is 72.7 Å². The lowest BCUT2D eigenvalue weighted by Gasteiger charge is -2.04. The molecule has 2 aromatic carbocycles. The number of thiazole rings is 1. The minimum atomic E-state index is -0.0813. The van der Waals surface area contributed by atoms with Crippen molar-refractivity contribution < 1.29 is 4.79 Å². The number of nitrogens with zero attached hydrogens (tertiary/aromatic N) is 4. The van der Waals surface area contributed by atoms with Gasteiger partial charge in [0, 0.05) is 25.1 Å². The minimum Gasteiger partial charge on any atom is -0.352 e. The third-order valence-electron chi connectivity index (χ3n) is 4.27. The van der Waals surface area contributed by atoms with Crippen LogP contribution in [0.25, 0.3) is 21.3 Å². The molecule has 0 fully saturated rings. The highest BCUT2D eigenvalue weighted by Crippen LogP contribution is 2.22. The van der Waals surface area contributed by atoms with Crippen molar-refractivity contribution >= 4 is 38.5 Å². The van der Waals surface area contributed by atoms with Gasteiger partial charge in [0.1, 0.15) is 5.52 Å². The van der Waals surface area contributed by atoms with E-state index in [2.05, 4.69) is 26.7 Å². The lowest BCUT2D eigenvalue weighted by Crippen LogP contribution is -2.24. The van der Waals surface area contributed by atoms with Crippen molar-refractivity contribution in [2.24, 2.45) is 0 Å². The second-order valence-corrected chi connectivity index (χ2v) is 7.16. The number of hydrogen-bond donors (Lipinski definition) is 1. The van der Waals surface area contributed by atoms with E-state index < -0.39 is 0 Å². The number of benzene rings is 2. The second-order valence-electron chi connectivity index (χ2n) is 6.04. The molecular weight excluding hydrogens is 346 g/mol. The van der Waals surface area contributed by atoms with Crippen molar-refractivity contribution in [2.45, 2.75) is 26.3 Å². The molecule has 0 saturated heterocycles. The summed E-state index contributed by atoms with van der Waals surface area (Å²) in [7, 11) is 0. The molecule has 1 amide bonds. The zero-order valence-corrected chi connectivity index (χ0v) is 15.3. The first-order valence-corrected chi connectivity index (χ1v) is 9.52. The number of fused-ring (bicyclic) bond motifs is 2. The van der Waals surface area contributed by atoms with E-state index in [-0.39, 0.29) is 5.91 Å². The first-order chi connectivity index (χ1) is 12.7. The molecule has 4 aromatic rings. The fourth-order valence-electron chi connectivity index (χ4n) is 2.92. The van der Waals surface area contributed by atoms with Crippen LogP contribution >= 0.6 is 11.3 Å². The standard InChI is InChI=1S/C19H19N5OS/c1-2-24-16-10-9-13(12-15(16)22-23-24)19(25)20-11-5-8-18-21-14-6-3-4-7-17(14)26-18/h3-4,6-7,9-10,12H,2,5,8,11H2,1H3,(H,20,25). The zero-order valence-electron chi connectivity index (χ0n) is 14.5. The predicted molar refractivity (Wildman–Crippen MR) is 103 cm³/mol. The van der Waals surface area contributed by atoms with Gasteiger partial charge in [-0.05, 0) is 43.7 Å². The second kappa shape index (κ2) is 7.21. The van der Waals surface area contributed by atoms with Crippen molar-refractivity contribution in [1.29, 1.82) is 0 Å². The molecule has 0 bridgehead atoms. The Morgan fingerprint density at radius 2 is 2.08 bits per heavy atom.